The zero-order valence-electron chi connectivity index (χ0n) is 19.7. The molecule has 0 atom stereocenters. The molecule has 0 aliphatic rings. The van der Waals surface area contributed by atoms with Crippen LogP contribution in [0, 0.1) is 0 Å². The molecule has 0 spiro atoms. The van der Waals surface area contributed by atoms with Gasteiger partial charge in [0.15, 0.2) is 15.0 Å². The van der Waals surface area contributed by atoms with Crippen molar-refractivity contribution in [3.8, 4) is 5.75 Å². The van der Waals surface area contributed by atoms with Gasteiger partial charge in [0.1, 0.15) is 5.75 Å². The highest BCUT2D eigenvalue weighted by Gasteiger charge is 2.22. The Morgan fingerprint density at radius 3 is 2.44 bits per heavy atom. The average Bonchev–Trinajstić information content (AvgIpc) is 3.23. The van der Waals surface area contributed by atoms with E-state index >= 15 is 0 Å². The number of nitrogens with zero attached hydrogens (tertiary/aromatic N) is 3. The number of hydrogen-bond donors (Lipinski definition) is 0. The van der Waals surface area contributed by atoms with Gasteiger partial charge in [-0.15, -0.1) is 24.2 Å². The van der Waals surface area contributed by atoms with Crippen molar-refractivity contribution >= 4 is 66.6 Å². The molecule has 0 bridgehead atoms. The molecule has 0 saturated carbocycles. The third-order valence-corrected chi connectivity index (χ3v) is 8.75. The molecule has 0 aliphatic heterocycles. The Balaban J connectivity index is 0.00000408. The number of halogens is 1. The molecule has 1 aromatic heterocycles. The van der Waals surface area contributed by atoms with Crippen LogP contribution in [-0.2, 0) is 14.6 Å². The Bertz CT molecular complexity index is 1200. The number of methoxy groups -OCH3 is 1. The minimum atomic E-state index is -3.48. The molecule has 34 heavy (non-hydrogen) atoms. The quantitative estimate of drug-likeness (QED) is 0.327. The van der Waals surface area contributed by atoms with Gasteiger partial charge in [0.25, 0.3) is 0 Å². The molecule has 2 aromatic carbocycles. The summed E-state index contributed by atoms with van der Waals surface area (Å²) in [6.45, 7) is 1.17. The third-order valence-electron chi connectivity index (χ3n) is 5.12. The number of sulfone groups is 1. The monoisotopic (exact) mass is 543 g/mol. The zero-order valence-corrected chi connectivity index (χ0v) is 23.0. The van der Waals surface area contributed by atoms with Crippen LogP contribution in [0.15, 0.2) is 52.3 Å². The standard InChI is InChI=1S/C23H29N3O4S3.ClH/c1-25(2)14-15-26(23-24-22-19(31-4)7-5-8-20(22)32-23)21(27)9-6-16-33(28,29)18-12-10-17(30-3)11-13-18;/h5,7-8,10-13H,6,9,14-16H2,1-4H3;1H. The summed E-state index contributed by atoms with van der Waals surface area (Å²) < 4.78 is 31.5. The third kappa shape index (κ3) is 7.08. The lowest BCUT2D eigenvalue weighted by molar-refractivity contribution is -0.118. The number of carbonyl (C=O) groups excluding carboxylic acids is 1. The van der Waals surface area contributed by atoms with Gasteiger partial charge >= 0.3 is 0 Å². The van der Waals surface area contributed by atoms with E-state index in [0.717, 1.165) is 15.1 Å². The van der Waals surface area contributed by atoms with Crippen molar-refractivity contribution in [3.63, 3.8) is 0 Å². The maximum absolute atomic E-state index is 13.2. The number of thioether (sulfide) groups is 1. The van der Waals surface area contributed by atoms with Crippen molar-refractivity contribution in [1.82, 2.24) is 9.88 Å². The van der Waals surface area contributed by atoms with Crippen molar-refractivity contribution in [2.45, 2.75) is 22.6 Å². The second kappa shape index (κ2) is 12.7. The van der Waals surface area contributed by atoms with E-state index in [4.69, 9.17) is 9.72 Å². The van der Waals surface area contributed by atoms with E-state index in [0.29, 0.717) is 24.0 Å². The Morgan fingerprint density at radius 1 is 1.12 bits per heavy atom. The SMILES string of the molecule is COc1ccc(S(=O)(=O)CCCC(=O)N(CCN(C)C)c2nc3c(SC)cccc3s2)cc1.Cl. The van der Waals surface area contributed by atoms with Crippen molar-refractivity contribution in [1.29, 1.82) is 0 Å². The molecule has 7 nitrogen and oxygen atoms in total. The number of carbonyl (C=O) groups is 1. The number of ether oxygens (including phenoxy) is 1. The summed E-state index contributed by atoms with van der Waals surface area (Å²) in [4.78, 5) is 22.9. The van der Waals surface area contributed by atoms with Crippen molar-refractivity contribution in [2.24, 2.45) is 0 Å². The van der Waals surface area contributed by atoms with E-state index in [9.17, 15) is 13.2 Å². The number of likely N-dealkylation sites (N-methyl/N-ethyl adjacent to an activating group) is 1. The highest BCUT2D eigenvalue weighted by atomic mass is 35.5. The van der Waals surface area contributed by atoms with E-state index < -0.39 is 9.84 Å². The molecule has 0 radical (unpaired) electrons. The summed E-state index contributed by atoms with van der Waals surface area (Å²) in [5.41, 5.74) is 0.898. The van der Waals surface area contributed by atoms with Crippen LogP contribution in [0.1, 0.15) is 12.8 Å². The second-order valence-corrected chi connectivity index (χ2v) is 11.7. The summed E-state index contributed by atoms with van der Waals surface area (Å²) in [6, 6.07) is 12.3. The number of amides is 1. The van der Waals surface area contributed by atoms with Gasteiger partial charge in [-0.3, -0.25) is 9.69 Å². The fraction of sp³-hybridized carbons (Fsp3) is 0.391. The number of thiazole rings is 1. The summed E-state index contributed by atoms with van der Waals surface area (Å²) >= 11 is 3.11. The molecule has 0 saturated heterocycles. The van der Waals surface area contributed by atoms with Crippen LogP contribution in [0.5, 0.6) is 5.75 Å². The van der Waals surface area contributed by atoms with Crippen LogP contribution in [-0.4, -0.2) is 70.5 Å². The summed E-state index contributed by atoms with van der Waals surface area (Å²) in [5, 5.41) is 0.649. The van der Waals surface area contributed by atoms with Crippen molar-refractivity contribution < 1.29 is 17.9 Å². The van der Waals surface area contributed by atoms with Crippen LogP contribution in [0.4, 0.5) is 5.13 Å². The minimum Gasteiger partial charge on any atom is -0.497 e. The van der Waals surface area contributed by atoms with E-state index in [2.05, 4.69) is 0 Å². The molecule has 0 fully saturated rings. The Kier molecular flexibility index (Phi) is 10.6. The van der Waals surface area contributed by atoms with E-state index in [1.54, 1.807) is 28.8 Å². The first-order valence-electron chi connectivity index (χ1n) is 10.5. The smallest absolute Gasteiger partial charge is 0.228 e. The van der Waals surface area contributed by atoms with Gasteiger partial charge in [-0.2, -0.15) is 0 Å². The van der Waals surface area contributed by atoms with Crippen LogP contribution in [0.25, 0.3) is 10.2 Å². The molecule has 0 unspecified atom stereocenters. The first-order chi connectivity index (χ1) is 15.7. The first kappa shape index (κ1) is 28.4. The summed E-state index contributed by atoms with van der Waals surface area (Å²) in [5.74, 6) is 0.385. The second-order valence-electron chi connectivity index (χ2n) is 7.75. The van der Waals surface area contributed by atoms with Gasteiger partial charge in [-0.1, -0.05) is 17.4 Å². The number of hydrogen-bond acceptors (Lipinski definition) is 8. The summed E-state index contributed by atoms with van der Waals surface area (Å²) in [6.07, 6.45) is 2.38. The van der Waals surface area contributed by atoms with Gasteiger partial charge in [-0.05, 0) is 63.2 Å². The molecule has 0 N–H and O–H groups in total. The predicted octanol–water partition coefficient (Wildman–Crippen LogP) is 4.60. The molecular formula is C23H30ClN3O4S3. The molecule has 3 rings (SSSR count). The number of para-hydroxylation sites is 1. The number of anilines is 1. The Labute approximate surface area is 215 Å². The lowest BCUT2D eigenvalue weighted by Crippen LogP contribution is -2.36. The molecule has 11 heteroatoms. The highest BCUT2D eigenvalue weighted by Crippen LogP contribution is 2.34. The summed E-state index contributed by atoms with van der Waals surface area (Å²) in [7, 11) is 1.96. The Hall–Kier alpha value is -1.85. The topological polar surface area (TPSA) is 79.8 Å². The van der Waals surface area contributed by atoms with Gasteiger partial charge in [0.2, 0.25) is 5.91 Å². The number of rotatable bonds is 11. The van der Waals surface area contributed by atoms with Crippen molar-refractivity contribution in [3.05, 3.63) is 42.5 Å². The normalized spacial score (nSPS) is 11.4. The lowest BCUT2D eigenvalue weighted by atomic mass is 10.3. The largest absolute Gasteiger partial charge is 0.497 e. The molecule has 3 aromatic rings. The maximum atomic E-state index is 13.2. The molecule has 0 aliphatic carbocycles. The van der Waals surface area contributed by atoms with E-state index in [1.807, 2.05) is 43.5 Å². The van der Waals surface area contributed by atoms with E-state index in [1.165, 1.54) is 30.6 Å². The fourth-order valence-corrected chi connectivity index (χ4v) is 6.24. The van der Waals surface area contributed by atoms with Crippen molar-refractivity contribution in [2.75, 3.05) is 51.2 Å². The minimum absolute atomic E-state index is 0. The van der Waals surface area contributed by atoms with Gasteiger partial charge in [0.05, 0.1) is 28.0 Å². The molecule has 186 valence electrons. The number of benzene rings is 2. The average molecular weight is 544 g/mol. The van der Waals surface area contributed by atoms with Gasteiger partial charge < -0.3 is 9.64 Å². The van der Waals surface area contributed by atoms with Crippen LogP contribution >= 0.6 is 35.5 Å². The number of aromatic nitrogens is 1. The lowest BCUT2D eigenvalue weighted by Gasteiger charge is -2.22. The maximum Gasteiger partial charge on any atom is 0.228 e. The fourth-order valence-electron chi connectivity index (χ4n) is 3.27. The molecule has 1 amide bonds. The molecule has 1 heterocycles. The molecular weight excluding hydrogens is 514 g/mol. The number of fused-ring (bicyclic) bond motifs is 1. The van der Waals surface area contributed by atoms with Crippen LogP contribution < -0.4 is 9.64 Å². The Morgan fingerprint density at radius 2 is 1.82 bits per heavy atom. The highest BCUT2D eigenvalue weighted by molar-refractivity contribution is 7.98. The van der Waals surface area contributed by atoms with E-state index in [-0.39, 0.29) is 41.8 Å². The van der Waals surface area contributed by atoms with Gasteiger partial charge in [-0.25, -0.2) is 13.4 Å². The first-order valence-corrected chi connectivity index (χ1v) is 14.2. The van der Waals surface area contributed by atoms with Crippen LogP contribution in [0.3, 0.4) is 0 Å². The van der Waals surface area contributed by atoms with Crippen LogP contribution in [0.2, 0.25) is 0 Å². The van der Waals surface area contributed by atoms with Gasteiger partial charge in [0, 0.05) is 24.4 Å². The zero-order chi connectivity index (χ0) is 24.0. The predicted molar refractivity (Wildman–Crippen MR) is 144 cm³/mol.